The Morgan fingerprint density at radius 1 is 0.367 bits per heavy atom. The van der Waals surface area contributed by atoms with Crippen LogP contribution in [0.15, 0.2) is 186 Å². The summed E-state index contributed by atoms with van der Waals surface area (Å²) in [6, 6.07) is 25.2. The van der Waals surface area contributed by atoms with Gasteiger partial charge < -0.3 is 4.42 Å². The Kier molecular flexibility index (Phi) is 3.99. The lowest BCUT2D eigenvalue weighted by Gasteiger charge is -2.18. The summed E-state index contributed by atoms with van der Waals surface area (Å²) in [6.07, 6.45) is 0. The molecule has 10 rings (SSSR count). The fraction of sp³-hybridized carbons (Fsp3) is 0. The first-order valence-electron chi connectivity index (χ1n) is 22.3. The van der Waals surface area contributed by atoms with E-state index in [0.717, 1.165) is 43.8 Å². The molecule has 1 nitrogen and oxygen atoms in total. The molecule has 0 saturated carbocycles. The normalized spacial score (nSPS) is 15.4. The van der Waals surface area contributed by atoms with E-state index in [1.54, 1.807) is 12.1 Å². The van der Waals surface area contributed by atoms with E-state index in [1.807, 2.05) is 54.6 Å². The number of furan rings is 1. The summed E-state index contributed by atoms with van der Waals surface area (Å²) in [6.45, 7) is 0. The molecule has 0 atom stereocenters. The lowest BCUT2D eigenvalue weighted by atomic mass is 9.85. The van der Waals surface area contributed by atoms with Crippen LogP contribution in [0.2, 0.25) is 0 Å². The predicted molar refractivity (Wildman–Crippen MR) is 208 cm³/mol. The molecule has 0 saturated heterocycles. The molecule has 1 aromatic heterocycles. The molecule has 0 spiro atoms. The van der Waals surface area contributed by atoms with Crippen LogP contribution in [-0.2, 0) is 0 Å². The van der Waals surface area contributed by atoms with E-state index in [1.165, 1.54) is 0 Å². The van der Waals surface area contributed by atoms with Crippen LogP contribution in [0.3, 0.4) is 0 Å². The Bertz CT molecular complexity index is 3500. The van der Waals surface area contributed by atoms with Crippen molar-refractivity contribution in [1.82, 2.24) is 0 Å². The summed E-state index contributed by atoms with van der Waals surface area (Å²) >= 11 is 0. The molecular weight excluding hydrogens is 593 g/mol. The largest absolute Gasteiger partial charge is 0.456 e. The summed E-state index contributed by atoms with van der Waals surface area (Å²) in [4.78, 5) is 0. The topological polar surface area (TPSA) is 13.1 Å². The van der Waals surface area contributed by atoms with Crippen LogP contribution in [0.1, 0.15) is 17.8 Å². The second-order valence-electron chi connectivity index (χ2n) is 11.9. The summed E-state index contributed by atoms with van der Waals surface area (Å²) in [5.41, 5.74) is 4.71. The predicted octanol–water partition coefficient (Wildman–Crippen LogP) is 13.7. The molecule has 1 heteroatoms. The quantitative estimate of drug-likeness (QED) is 0.175. The molecule has 0 aliphatic rings. The van der Waals surface area contributed by atoms with E-state index in [0.29, 0.717) is 16.7 Å². The molecule has 0 aliphatic carbocycles. The van der Waals surface area contributed by atoms with Gasteiger partial charge in [-0.25, -0.2) is 0 Å². The number of hydrogen-bond acceptors (Lipinski definition) is 1. The maximum atomic E-state index is 9.25. The second kappa shape index (κ2) is 11.1. The molecular formula is C48H30O. The first kappa shape index (κ1) is 17.6. The van der Waals surface area contributed by atoms with Crippen LogP contribution in [0.25, 0.3) is 98.8 Å². The number of hydrogen-bond donors (Lipinski definition) is 0. The van der Waals surface area contributed by atoms with Gasteiger partial charge in [0.25, 0.3) is 0 Å². The fourth-order valence-corrected chi connectivity index (χ4v) is 6.97. The average Bonchev–Trinajstić information content (AvgIpc) is 3.67. The Labute approximate surface area is 302 Å². The molecule has 1 heterocycles. The minimum absolute atomic E-state index is 0.0728. The molecule has 10 aromatic rings. The van der Waals surface area contributed by atoms with Crippen molar-refractivity contribution in [2.24, 2.45) is 0 Å². The van der Waals surface area contributed by atoms with Crippen molar-refractivity contribution in [3.05, 3.63) is 182 Å². The van der Waals surface area contributed by atoms with Gasteiger partial charge in [0.1, 0.15) is 11.2 Å². The zero-order valence-corrected chi connectivity index (χ0v) is 25.7. The third-order valence-electron chi connectivity index (χ3n) is 9.19. The molecule has 0 amide bonds. The zero-order chi connectivity index (χ0) is 43.6. The fourth-order valence-electron chi connectivity index (χ4n) is 6.97. The average molecular weight is 636 g/mol. The Hall–Kier alpha value is -6.44. The molecule has 9 aromatic carbocycles. The van der Waals surface area contributed by atoms with Crippen molar-refractivity contribution < 1.29 is 22.2 Å². The molecule has 0 unspecified atom stereocenters. The van der Waals surface area contributed by atoms with Crippen LogP contribution < -0.4 is 0 Å². The second-order valence-corrected chi connectivity index (χ2v) is 11.9. The van der Waals surface area contributed by atoms with Crippen molar-refractivity contribution in [2.75, 3.05) is 0 Å². The van der Waals surface area contributed by atoms with Gasteiger partial charge in [-0.1, -0.05) is 157 Å². The van der Waals surface area contributed by atoms with Crippen LogP contribution in [0.5, 0.6) is 0 Å². The zero-order valence-electron chi connectivity index (χ0n) is 38.7. The van der Waals surface area contributed by atoms with E-state index in [-0.39, 0.29) is 32.7 Å². The van der Waals surface area contributed by atoms with Gasteiger partial charge >= 0.3 is 0 Å². The number of rotatable bonds is 4. The smallest absolute Gasteiger partial charge is 0.136 e. The highest BCUT2D eigenvalue weighted by Gasteiger charge is 2.18. The SMILES string of the molecule is [2H]c1c([2H])c([2H])c(-c2c3c([2H])c([2H])c([2H])c([2H])c3c(-c3ccc(-c4cccc5oc6ccc(-c7ccc8ccccc8c7)cc6c45)cc3)c3c([2H])c([2H])c([2H])c([2H])c23)c([2H])c1[2H]. The van der Waals surface area contributed by atoms with Gasteiger partial charge in [-0.3, -0.25) is 0 Å². The maximum Gasteiger partial charge on any atom is 0.136 e. The van der Waals surface area contributed by atoms with Crippen molar-refractivity contribution in [3.8, 4) is 44.5 Å². The number of benzene rings is 9. The van der Waals surface area contributed by atoms with Crippen molar-refractivity contribution in [1.29, 1.82) is 0 Å². The lowest BCUT2D eigenvalue weighted by Crippen LogP contribution is -1.90. The summed E-state index contributed by atoms with van der Waals surface area (Å²) in [7, 11) is 0. The van der Waals surface area contributed by atoms with Gasteiger partial charge in [0.05, 0.1) is 17.8 Å². The Balaban J connectivity index is 1.25. The third kappa shape index (κ3) is 4.47. The minimum atomic E-state index is -0.714. The molecule has 49 heavy (non-hydrogen) atoms. The molecule has 0 bridgehead atoms. The monoisotopic (exact) mass is 635 g/mol. The summed E-state index contributed by atoms with van der Waals surface area (Å²) in [5, 5.41) is 3.28. The van der Waals surface area contributed by atoms with Crippen LogP contribution in [-0.4, -0.2) is 0 Å². The first-order chi connectivity index (χ1) is 29.7. The van der Waals surface area contributed by atoms with Crippen LogP contribution >= 0.6 is 0 Å². The van der Waals surface area contributed by atoms with E-state index < -0.39 is 84.1 Å². The van der Waals surface area contributed by atoms with E-state index in [4.69, 9.17) is 16.8 Å². The van der Waals surface area contributed by atoms with Crippen LogP contribution in [0, 0.1) is 0 Å². The van der Waals surface area contributed by atoms with E-state index >= 15 is 0 Å². The van der Waals surface area contributed by atoms with Gasteiger partial charge in [0, 0.05) is 10.8 Å². The standard InChI is InChI=1S/C48H30O/c1-2-12-33(13-3-1)46-39-15-6-8-17-41(39)47(42-18-9-7-16-40(42)46)34-24-22-32(23-25-34)38-19-10-20-45-48(38)43-30-37(27-28-44(43)49-45)36-26-21-31-11-4-5-14-35(31)29-36/h1-30H/i1D,2D,3D,6D,7D,8D,9D,12D,13D,15D,16D,17D,18D. The first-order valence-corrected chi connectivity index (χ1v) is 15.8. The molecule has 228 valence electrons. The van der Waals surface area contributed by atoms with Crippen molar-refractivity contribution in [3.63, 3.8) is 0 Å². The van der Waals surface area contributed by atoms with Gasteiger partial charge in [0.2, 0.25) is 0 Å². The van der Waals surface area contributed by atoms with Gasteiger partial charge in [-0.2, -0.15) is 0 Å². The highest BCUT2D eigenvalue weighted by molar-refractivity contribution is 6.21. The van der Waals surface area contributed by atoms with Crippen molar-refractivity contribution >= 4 is 54.3 Å². The summed E-state index contributed by atoms with van der Waals surface area (Å²) in [5.74, 6) is 0. The highest BCUT2D eigenvalue weighted by atomic mass is 16.3. The molecule has 0 N–H and O–H groups in total. The van der Waals surface area contributed by atoms with Crippen LogP contribution in [0.4, 0.5) is 0 Å². The van der Waals surface area contributed by atoms with Crippen molar-refractivity contribution in [2.45, 2.75) is 0 Å². The Morgan fingerprint density at radius 2 is 0.939 bits per heavy atom. The minimum Gasteiger partial charge on any atom is -0.456 e. The number of fused-ring (bicyclic) bond motifs is 6. The molecule has 0 radical (unpaired) electrons. The highest BCUT2D eigenvalue weighted by Crippen LogP contribution is 2.44. The molecule has 0 fully saturated rings. The van der Waals surface area contributed by atoms with Gasteiger partial charge in [0.15, 0.2) is 0 Å². The third-order valence-corrected chi connectivity index (χ3v) is 9.19. The van der Waals surface area contributed by atoms with Gasteiger partial charge in [-0.15, -0.1) is 0 Å². The molecule has 0 aliphatic heterocycles. The summed E-state index contributed by atoms with van der Waals surface area (Å²) < 4.78 is 121. The van der Waals surface area contributed by atoms with E-state index in [2.05, 4.69) is 36.4 Å². The Morgan fingerprint density at radius 3 is 1.65 bits per heavy atom. The van der Waals surface area contributed by atoms with Gasteiger partial charge in [-0.05, 0) is 101 Å². The lowest BCUT2D eigenvalue weighted by molar-refractivity contribution is 0.669. The maximum absolute atomic E-state index is 9.25. The van der Waals surface area contributed by atoms with E-state index in [9.17, 15) is 5.48 Å².